The fourth-order valence-electron chi connectivity index (χ4n) is 1.81. The molecule has 1 heterocycles. The maximum atomic E-state index is 11.2. The largest absolute Gasteiger partial charge is 0.490 e. The second-order valence-electron chi connectivity index (χ2n) is 4.18. The van der Waals surface area contributed by atoms with Crippen molar-refractivity contribution in [2.45, 2.75) is 19.4 Å². The van der Waals surface area contributed by atoms with Crippen molar-refractivity contribution in [1.82, 2.24) is 5.32 Å². The zero-order chi connectivity index (χ0) is 13.0. The van der Waals surface area contributed by atoms with Crippen LogP contribution in [0.25, 0.3) is 0 Å². The van der Waals surface area contributed by atoms with Crippen LogP contribution in [-0.2, 0) is 4.79 Å². The molecule has 98 valence electrons. The SMILES string of the molecule is C[C@@H](NC(=O)CCl)c1ccc2c(c1)OCCCO2. The molecule has 1 atom stereocenters. The normalized spacial score (nSPS) is 15.7. The first-order chi connectivity index (χ1) is 8.70. The van der Waals surface area contributed by atoms with E-state index in [-0.39, 0.29) is 17.8 Å². The Labute approximate surface area is 111 Å². The number of amides is 1. The van der Waals surface area contributed by atoms with Gasteiger partial charge in [0.2, 0.25) is 5.91 Å². The molecule has 1 aromatic rings. The Hall–Kier alpha value is -1.42. The van der Waals surface area contributed by atoms with Crippen LogP contribution in [0.5, 0.6) is 11.5 Å². The Morgan fingerprint density at radius 3 is 2.83 bits per heavy atom. The van der Waals surface area contributed by atoms with Gasteiger partial charge in [0.25, 0.3) is 0 Å². The van der Waals surface area contributed by atoms with Gasteiger partial charge in [-0.3, -0.25) is 4.79 Å². The summed E-state index contributed by atoms with van der Waals surface area (Å²) in [6.45, 7) is 3.23. The summed E-state index contributed by atoms with van der Waals surface area (Å²) in [4.78, 5) is 11.2. The molecular formula is C13H16ClNO3. The van der Waals surface area contributed by atoms with Crippen LogP contribution in [0.3, 0.4) is 0 Å². The van der Waals surface area contributed by atoms with E-state index >= 15 is 0 Å². The second kappa shape index (κ2) is 5.96. The van der Waals surface area contributed by atoms with Crippen molar-refractivity contribution < 1.29 is 14.3 Å². The number of benzene rings is 1. The van der Waals surface area contributed by atoms with Crippen LogP contribution >= 0.6 is 11.6 Å². The van der Waals surface area contributed by atoms with E-state index in [2.05, 4.69) is 5.32 Å². The van der Waals surface area contributed by atoms with Crippen LogP contribution in [0.15, 0.2) is 18.2 Å². The number of fused-ring (bicyclic) bond motifs is 1. The fraction of sp³-hybridized carbons (Fsp3) is 0.462. The van der Waals surface area contributed by atoms with E-state index in [0.29, 0.717) is 13.2 Å². The number of alkyl halides is 1. The second-order valence-corrected chi connectivity index (χ2v) is 4.45. The summed E-state index contributed by atoms with van der Waals surface area (Å²) >= 11 is 5.46. The molecule has 4 nitrogen and oxygen atoms in total. The Morgan fingerprint density at radius 2 is 2.11 bits per heavy atom. The third-order valence-corrected chi connectivity index (χ3v) is 3.01. The van der Waals surface area contributed by atoms with E-state index in [0.717, 1.165) is 23.5 Å². The number of hydrogen-bond acceptors (Lipinski definition) is 3. The number of carbonyl (C=O) groups excluding carboxylic acids is 1. The number of halogens is 1. The minimum absolute atomic E-state index is 0.0328. The topological polar surface area (TPSA) is 47.6 Å². The summed E-state index contributed by atoms with van der Waals surface area (Å²) in [6, 6.07) is 5.60. The smallest absolute Gasteiger partial charge is 0.235 e. The maximum Gasteiger partial charge on any atom is 0.235 e. The summed E-state index contributed by atoms with van der Waals surface area (Å²) in [5, 5.41) is 2.80. The molecule has 0 aliphatic carbocycles. The summed E-state index contributed by atoms with van der Waals surface area (Å²) in [5.74, 6) is 1.27. The van der Waals surface area contributed by atoms with Crippen LogP contribution < -0.4 is 14.8 Å². The predicted molar refractivity (Wildman–Crippen MR) is 69.3 cm³/mol. The Morgan fingerprint density at radius 1 is 1.39 bits per heavy atom. The van der Waals surface area contributed by atoms with Crippen LogP contribution in [0, 0.1) is 0 Å². The minimum atomic E-state index is -0.184. The molecule has 1 N–H and O–H groups in total. The molecule has 5 heteroatoms. The summed E-state index contributed by atoms with van der Waals surface area (Å²) < 4.78 is 11.2. The van der Waals surface area contributed by atoms with Crippen molar-refractivity contribution >= 4 is 17.5 Å². The van der Waals surface area contributed by atoms with Crippen molar-refractivity contribution in [2.75, 3.05) is 19.1 Å². The van der Waals surface area contributed by atoms with E-state index in [4.69, 9.17) is 21.1 Å². The van der Waals surface area contributed by atoms with Crippen molar-refractivity contribution in [2.24, 2.45) is 0 Å². The third-order valence-electron chi connectivity index (χ3n) is 2.77. The molecule has 0 radical (unpaired) electrons. The fourth-order valence-corrected chi connectivity index (χ4v) is 1.89. The van der Waals surface area contributed by atoms with Gasteiger partial charge in [0.1, 0.15) is 5.88 Å². The molecular weight excluding hydrogens is 254 g/mol. The number of carbonyl (C=O) groups is 1. The van der Waals surface area contributed by atoms with Gasteiger partial charge in [-0.2, -0.15) is 0 Å². The van der Waals surface area contributed by atoms with Gasteiger partial charge in [-0.1, -0.05) is 6.07 Å². The van der Waals surface area contributed by atoms with Crippen molar-refractivity contribution in [3.8, 4) is 11.5 Å². The van der Waals surface area contributed by atoms with Gasteiger partial charge in [-0.25, -0.2) is 0 Å². The van der Waals surface area contributed by atoms with Gasteiger partial charge in [0.15, 0.2) is 11.5 Å². The average molecular weight is 270 g/mol. The highest BCUT2D eigenvalue weighted by molar-refractivity contribution is 6.27. The molecule has 1 aromatic carbocycles. The molecule has 0 spiro atoms. The molecule has 2 rings (SSSR count). The van der Waals surface area contributed by atoms with E-state index in [9.17, 15) is 4.79 Å². The molecule has 0 unspecified atom stereocenters. The molecule has 0 bridgehead atoms. The molecule has 18 heavy (non-hydrogen) atoms. The monoisotopic (exact) mass is 269 g/mol. The lowest BCUT2D eigenvalue weighted by Gasteiger charge is -2.15. The van der Waals surface area contributed by atoms with Crippen LogP contribution in [0.2, 0.25) is 0 Å². The number of nitrogens with one attached hydrogen (secondary N) is 1. The zero-order valence-corrected chi connectivity index (χ0v) is 11.0. The highest BCUT2D eigenvalue weighted by atomic mass is 35.5. The van der Waals surface area contributed by atoms with Crippen molar-refractivity contribution in [3.05, 3.63) is 23.8 Å². The van der Waals surface area contributed by atoms with Crippen LogP contribution in [0.4, 0.5) is 0 Å². The molecule has 0 aromatic heterocycles. The maximum absolute atomic E-state index is 11.2. The molecule has 0 saturated carbocycles. The lowest BCUT2D eigenvalue weighted by molar-refractivity contribution is -0.119. The Kier molecular flexibility index (Phi) is 4.31. The average Bonchev–Trinajstić information content (AvgIpc) is 2.62. The summed E-state index contributed by atoms with van der Waals surface area (Å²) in [5.41, 5.74) is 0.970. The first kappa shape index (κ1) is 13.0. The van der Waals surface area contributed by atoms with E-state index in [1.54, 1.807) is 0 Å². The predicted octanol–water partition coefficient (Wildman–Crippen LogP) is 2.26. The van der Waals surface area contributed by atoms with Crippen molar-refractivity contribution in [3.63, 3.8) is 0 Å². The standard InChI is InChI=1S/C13H16ClNO3/c1-9(15-13(16)8-14)10-3-4-11-12(7-10)18-6-2-5-17-11/h3-4,7,9H,2,5-6,8H2,1H3,(H,15,16)/t9-/m1/s1. The van der Waals surface area contributed by atoms with Gasteiger partial charge in [0, 0.05) is 6.42 Å². The Balaban J connectivity index is 2.14. The summed E-state index contributed by atoms with van der Waals surface area (Å²) in [6.07, 6.45) is 0.878. The minimum Gasteiger partial charge on any atom is -0.490 e. The highest BCUT2D eigenvalue weighted by Gasteiger charge is 2.14. The third kappa shape index (κ3) is 3.07. The molecule has 1 aliphatic heterocycles. The van der Waals surface area contributed by atoms with Crippen LogP contribution in [0.1, 0.15) is 24.9 Å². The lowest BCUT2D eigenvalue weighted by atomic mass is 10.1. The van der Waals surface area contributed by atoms with Gasteiger partial charge < -0.3 is 14.8 Å². The highest BCUT2D eigenvalue weighted by Crippen LogP contribution is 2.32. The summed E-state index contributed by atoms with van der Waals surface area (Å²) in [7, 11) is 0. The molecule has 1 aliphatic rings. The van der Waals surface area contributed by atoms with Gasteiger partial charge in [0.05, 0.1) is 19.3 Å². The first-order valence-corrected chi connectivity index (χ1v) is 6.49. The van der Waals surface area contributed by atoms with Gasteiger partial charge >= 0.3 is 0 Å². The van der Waals surface area contributed by atoms with E-state index < -0.39 is 0 Å². The number of rotatable bonds is 3. The molecule has 1 amide bonds. The molecule has 0 saturated heterocycles. The lowest BCUT2D eigenvalue weighted by Crippen LogP contribution is -2.27. The van der Waals surface area contributed by atoms with Gasteiger partial charge in [-0.15, -0.1) is 11.6 Å². The van der Waals surface area contributed by atoms with Crippen molar-refractivity contribution in [1.29, 1.82) is 0 Å². The Bertz CT molecular complexity index is 436. The number of ether oxygens (including phenoxy) is 2. The zero-order valence-electron chi connectivity index (χ0n) is 10.2. The molecule has 0 fully saturated rings. The number of hydrogen-bond donors (Lipinski definition) is 1. The van der Waals surface area contributed by atoms with Crippen LogP contribution in [-0.4, -0.2) is 25.0 Å². The van der Waals surface area contributed by atoms with E-state index in [1.165, 1.54) is 0 Å². The first-order valence-electron chi connectivity index (χ1n) is 5.95. The van der Waals surface area contributed by atoms with E-state index in [1.807, 2.05) is 25.1 Å². The van der Waals surface area contributed by atoms with Gasteiger partial charge in [-0.05, 0) is 24.6 Å². The quantitative estimate of drug-likeness (QED) is 0.857.